The Bertz CT molecular complexity index is 429. The van der Waals surface area contributed by atoms with Crippen LogP contribution in [-0.2, 0) is 24.1 Å². The summed E-state index contributed by atoms with van der Waals surface area (Å²) in [4.78, 5) is 0. The zero-order valence-corrected chi connectivity index (χ0v) is 14.3. The summed E-state index contributed by atoms with van der Waals surface area (Å²) in [6.45, 7) is 9.24. The SMILES string of the molecule is CCc1nn(CC)c(CC(CC(C)(C)OC)NC)c1Cl. The molecule has 1 rings (SSSR count). The molecule has 4 nitrogen and oxygen atoms in total. The normalized spacial score (nSPS) is 13.8. The van der Waals surface area contributed by atoms with Crippen LogP contribution in [0.5, 0.6) is 0 Å². The van der Waals surface area contributed by atoms with E-state index in [9.17, 15) is 0 Å². The zero-order chi connectivity index (χ0) is 15.3. The minimum Gasteiger partial charge on any atom is -0.379 e. The molecular formula is C15H28ClN3O. The topological polar surface area (TPSA) is 39.1 Å². The van der Waals surface area contributed by atoms with Crippen molar-refractivity contribution in [3.05, 3.63) is 16.4 Å². The van der Waals surface area contributed by atoms with Crippen molar-refractivity contribution in [3.63, 3.8) is 0 Å². The van der Waals surface area contributed by atoms with Crippen molar-refractivity contribution < 1.29 is 4.74 Å². The van der Waals surface area contributed by atoms with Gasteiger partial charge >= 0.3 is 0 Å². The Morgan fingerprint density at radius 1 is 1.40 bits per heavy atom. The van der Waals surface area contributed by atoms with Gasteiger partial charge in [0, 0.05) is 26.1 Å². The number of hydrogen-bond acceptors (Lipinski definition) is 3. The second kappa shape index (κ2) is 7.43. The lowest BCUT2D eigenvalue weighted by molar-refractivity contribution is 0.00758. The fraction of sp³-hybridized carbons (Fsp3) is 0.800. The molecule has 0 bridgehead atoms. The minimum absolute atomic E-state index is 0.148. The number of aromatic nitrogens is 2. The van der Waals surface area contributed by atoms with Gasteiger partial charge in [0.2, 0.25) is 0 Å². The molecule has 116 valence electrons. The number of aryl methyl sites for hydroxylation is 2. The molecule has 1 heterocycles. The average Bonchev–Trinajstić information content (AvgIpc) is 2.74. The Balaban J connectivity index is 2.92. The second-order valence-corrected chi connectivity index (χ2v) is 6.11. The summed E-state index contributed by atoms with van der Waals surface area (Å²) < 4.78 is 7.54. The van der Waals surface area contributed by atoms with Crippen LogP contribution in [0.15, 0.2) is 0 Å². The van der Waals surface area contributed by atoms with E-state index in [1.54, 1.807) is 7.11 Å². The number of ether oxygens (including phenoxy) is 1. The maximum Gasteiger partial charge on any atom is 0.0850 e. The highest BCUT2D eigenvalue weighted by atomic mass is 35.5. The van der Waals surface area contributed by atoms with Crippen molar-refractivity contribution in [1.29, 1.82) is 0 Å². The van der Waals surface area contributed by atoms with Gasteiger partial charge in [-0.25, -0.2) is 0 Å². The van der Waals surface area contributed by atoms with Crippen LogP contribution >= 0.6 is 11.6 Å². The second-order valence-electron chi connectivity index (χ2n) is 5.73. The Morgan fingerprint density at radius 3 is 2.50 bits per heavy atom. The van der Waals surface area contributed by atoms with Gasteiger partial charge in [0.05, 0.1) is 22.0 Å². The first-order valence-corrected chi connectivity index (χ1v) is 7.72. The van der Waals surface area contributed by atoms with E-state index < -0.39 is 0 Å². The van der Waals surface area contributed by atoms with Crippen LogP contribution < -0.4 is 5.32 Å². The molecule has 0 amide bonds. The summed E-state index contributed by atoms with van der Waals surface area (Å²) in [5.41, 5.74) is 1.96. The number of halogens is 1. The van der Waals surface area contributed by atoms with Gasteiger partial charge in [0.1, 0.15) is 0 Å². The molecule has 0 fully saturated rings. The first kappa shape index (κ1) is 17.5. The summed E-state index contributed by atoms with van der Waals surface area (Å²) in [6.07, 6.45) is 2.66. The van der Waals surface area contributed by atoms with Crippen molar-refractivity contribution in [1.82, 2.24) is 15.1 Å². The van der Waals surface area contributed by atoms with E-state index in [-0.39, 0.29) is 5.60 Å². The monoisotopic (exact) mass is 301 g/mol. The number of likely N-dealkylation sites (N-methyl/N-ethyl adjacent to an activating group) is 1. The number of nitrogens with one attached hydrogen (secondary N) is 1. The van der Waals surface area contributed by atoms with Crippen molar-refractivity contribution in [2.45, 2.75) is 65.1 Å². The molecule has 1 N–H and O–H groups in total. The number of rotatable bonds is 8. The highest BCUT2D eigenvalue weighted by molar-refractivity contribution is 6.31. The fourth-order valence-corrected chi connectivity index (χ4v) is 2.74. The lowest BCUT2D eigenvalue weighted by Crippen LogP contribution is -2.37. The lowest BCUT2D eigenvalue weighted by atomic mass is 9.95. The van der Waals surface area contributed by atoms with Crippen LogP contribution in [0.25, 0.3) is 0 Å². The van der Waals surface area contributed by atoms with Gasteiger partial charge < -0.3 is 10.1 Å². The smallest absolute Gasteiger partial charge is 0.0850 e. The van der Waals surface area contributed by atoms with Crippen molar-refractivity contribution >= 4 is 11.6 Å². The predicted octanol–water partition coefficient (Wildman–Crippen LogP) is 3.06. The van der Waals surface area contributed by atoms with Gasteiger partial charge in [-0.05, 0) is 40.7 Å². The largest absolute Gasteiger partial charge is 0.379 e. The third-order valence-electron chi connectivity index (χ3n) is 3.83. The summed E-state index contributed by atoms with van der Waals surface area (Å²) in [5, 5.41) is 8.77. The van der Waals surface area contributed by atoms with E-state index in [1.807, 2.05) is 11.7 Å². The maximum absolute atomic E-state index is 6.47. The van der Waals surface area contributed by atoms with Crippen molar-refractivity contribution in [3.8, 4) is 0 Å². The number of hydrogen-bond donors (Lipinski definition) is 1. The maximum atomic E-state index is 6.47. The first-order valence-electron chi connectivity index (χ1n) is 7.34. The molecule has 0 spiro atoms. The standard InChI is InChI=1S/C15H28ClN3O/c1-7-12-14(16)13(19(8-2)18-12)9-11(17-5)10-15(3,4)20-6/h11,17H,7-10H2,1-6H3. The van der Waals surface area contributed by atoms with Crippen molar-refractivity contribution in [2.75, 3.05) is 14.2 Å². The molecular weight excluding hydrogens is 274 g/mol. The molecule has 0 aliphatic rings. The van der Waals surface area contributed by atoms with Crippen LogP contribution in [-0.4, -0.2) is 35.6 Å². The Morgan fingerprint density at radius 2 is 2.05 bits per heavy atom. The third-order valence-corrected chi connectivity index (χ3v) is 4.27. The Kier molecular flexibility index (Phi) is 6.49. The average molecular weight is 302 g/mol. The van der Waals surface area contributed by atoms with Crippen molar-refractivity contribution in [2.24, 2.45) is 0 Å². The summed E-state index contributed by atoms with van der Waals surface area (Å²) in [5.74, 6) is 0. The molecule has 1 atom stereocenters. The highest BCUT2D eigenvalue weighted by Gasteiger charge is 2.24. The van der Waals surface area contributed by atoms with Crippen LogP contribution in [0, 0.1) is 0 Å². The first-order chi connectivity index (χ1) is 9.38. The highest BCUT2D eigenvalue weighted by Crippen LogP contribution is 2.25. The van der Waals surface area contributed by atoms with Gasteiger partial charge in [-0.2, -0.15) is 5.10 Å². The molecule has 5 heteroatoms. The van der Waals surface area contributed by atoms with Gasteiger partial charge in [-0.3, -0.25) is 4.68 Å². The lowest BCUT2D eigenvalue weighted by Gasteiger charge is -2.28. The molecule has 1 aromatic rings. The van der Waals surface area contributed by atoms with Gasteiger partial charge in [-0.1, -0.05) is 18.5 Å². The molecule has 0 aliphatic heterocycles. The van der Waals surface area contributed by atoms with E-state index in [2.05, 4.69) is 38.1 Å². The van der Waals surface area contributed by atoms with E-state index in [0.717, 1.165) is 42.2 Å². The molecule has 0 aromatic carbocycles. The Hall–Kier alpha value is -0.580. The van der Waals surface area contributed by atoms with E-state index >= 15 is 0 Å². The van der Waals surface area contributed by atoms with Crippen LogP contribution in [0.1, 0.15) is 45.5 Å². The minimum atomic E-state index is -0.148. The molecule has 0 saturated carbocycles. The quantitative estimate of drug-likeness (QED) is 0.802. The predicted molar refractivity (Wildman–Crippen MR) is 84.5 cm³/mol. The Labute approximate surface area is 127 Å². The van der Waals surface area contributed by atoms with Gasteiger partial charge in [0.25, 0.3) is 0 Å². The fourth-order valence-electron chi connectivity index (χ4n) is 2.40. The molecule has 20 heavy (non-hydrogen) atoms. The van der Waals surface area contributed by atoms with E-state index in [4.69, 9.17) is 16.3 Å². The summed E-state index contributed by atoms with van der Waals surface area (Å²) in [7, 11) is 3.74. The third kappa shape index (κ3) is 4.21. The van der Waals surface area contributed by atoms with Gasteiger partial charge in [0.15, 0.2) is 0 Å². The van der Waals surface area contributed by atoms with E-state index in [1.165, 1.54) is 0 Å². The summed E-state index contributed by atoms with van der Waals surface area (Å²) >= 11 is 6.47. The van der Waals surface area contributed by atoms with Gasteiger partial charge in [-0.15, -0.1) is 0 Å². The van der Waals surface area contributed by atoms with Crippen LogP contribution in [0.3, 0.4) is 0 Å². The van der Waals surface area contributed by atoms with Crippen LogP contribution in [0.2, 0.25) is 5.02 Å². The number of methoxy groups -OCH3 is 1. The molecule has 0 aliphatic carbocycles. The zero-order valence-electron chi connectivity index (χ0n) is 13.6. The molecule has 1 unspecified atom stereocenters. The number of nitrogens with zero attached hydrogens (tertiary/aromatic N) is 2. The van der Waals surface area contributed by atoms with Crippen LogP contribution in [0.4, 0.5) is 0 Å². The molecule has 1 aromatic heterocycles. The van der Waals surface area contributed by atoms with E-state index in [0.29, 0.717) is 6.04 Å². The summed E-state index contributed by atoms with van der Waals surface area (Å²) in [6, 6.07) is 0.314. The molecule has 0 radical (unpaired) electrons. The molecule has 0 saturated heterocycles.